The van der Waals surface area contributed by atoms with E-state index in [4.69, 9.17) is 15.2 Å². The molecule has 0 spiro atoms. The molecule has 0 aliphatic carbocycles. The molecule has 1 atom stereocenters. The van der Waals surface area contributed by atoms with Crippen LogP contribution >= 0.6 is 0 Å². The standard InChI is InChI=1S/C12H16N2O3/c1-16-10-4-2-3-9(7-10)11-8-14(6-5-13)12(15)17-11/h2-4,7,11H,5-6,8,13H2,1H3. The summed E-state index contributed by atoms with van der Waals surface area (Å²) in [5.41, 5.74) is 6.37. The first-order valence-electron chi connectivity index (χ1n) is 5.54. The van der Waals surface area contributed by atoms with Crippen molar-refractivity contribution in [1.29, 1.82) is 0 Å². The summed E-state index contributed by atoms with van der Waals surface area (Å²) in [4.78, 5) is 13.1. The molecule has 1 heterocycles. The number of nitrogens with two attached hydrogens (primary N) is 1. The number of amides is 1. The highest BCUT2D eigenvalue weighted by Crippen LogP contribution is 2.27. The highest BCUT2D eigenvalue weighted by atomic mass is 16.6. The maximum atomic E-state index is 11.5. The van der Waals surface area contributed by atoms with Crippen molar-refractivity contribution in [2.45, 2.75) is 6.10 Å². The fourth-order valence-electron chi connectivity index (χ4n) is 1.86. The van der Waals surface area contributed by atoms with Crippen molar-refractivity contribution < 1.29 is 14.3 Å². The number of benzene rings is 1. The fourth-order valence-corrected chi connectivity index (χ4v) is 1.86. The Morgan fingerprint density at radius 2 is 2.41 bits per heavy atom. The molecule has 2 rings (SSSR count). The van der Waals surface area contributed by atoms with Crippen molar-refractivity contribution in [3.8, 4) is 5.75 Å². The smallest absolute Gasteiger partial charge is 0.410 e. The van der Waals surface area contributed by atoms with Crippen molar-refractivity contribution in [3.63, 3.8) is 0 Å². The van der Waals surface area contributed by atoms with Crippen LogP contribution in [0.3, 0.4) is 0 Å². The van der Waals surface area contributed by atoms with E-state index >= 15 is 0 Å². The minimum atomic E-state index is -0.303. The lowest BCUT2D eigenvalue weighted by Gasteiger charge is -2.11. The van der Waals surface area contributed by atoms with Gasteiger partial charge in [0.2, 0.25) is 0 Å². The van der Waals surface area contributed by atoms with Crippen LogP contribution in [0.4, 0.5) is 4.79 Å². The molecular weight excluding hydrogens is 220 g/mol. The van der Waals surface area contributed by atoms with Crippen LogP contribution in [0.25, 0.3) is 0 Å². The van der Waals surface area contributed by atoms with Gasteiger partial charge in [-0.2, -0.15) is 0 Å². The lowest BCUT2D eigenvalue weighted by Crippen LogP contribution is -2.30. The number of methoxy groups -OCH3 is 1. The number of hydrogen-bond acceptors (Lipinski definition) is 4. The third-order valence-corrected chi connectivity index (χ3v) is 2.75. The van der Waals surface area contributed by atoms with Gasteiger partial charge in [0.15, 0.2) is 0 Å². The largest absolute Gasteiger partial charge is 0.497 e. The van der Waals surface area contributed by atoms with E-state index in [1.165, 1.54) is 0 Å². The second kappa shape index (κ2) is 5.05. The zero-order valence-electron chi connectivity index (χ0n) is 9.76. The van der Waals surface area contributed by atoms with Gasteiger partial charge in [-0.05, 0) is 17.7 Å². The van der Waals surface area contributed by atoms with Crippen LogP contribution in [0.5, 0.6) is 5.75 Å². The van der Waals surface area contributed by atoms with Gasteiger partial charge in [0.05, 0.1) is 13.7 Å². The van der Waals surface area contributed by atoms with E-state index in [1.807, 2.05) is 24.3 Å². The number of carbonyl (C=O) groups excluding carboxylic acids is 1. The lowest BCUT2D eigenvalue weighted by molar-refractivity contribution is 0.133. The third-order valence-electron chi connectivity index (χ3n) is 2.75. The molecule has 92 valence electrons. The minimum Gasteiger partial charge on any atom is -0.497 e. The first kappa shape index (κ1) is 11.7. The van der Waals surface area contributed by atoms with Gasteiger partial charge in [-0.15, -0.1) is 0 Å². The summed E-state index contributed by atoms with van der Waals surface area (Å²) >= 11 is 0. The molecule has 1 aliphatic rings. The molecule has 1 aliphatic heterocycles. The van der Waals surface area contributed by atoms with Gasteiger partial charge in [0, 0.05) is 13.1 Å². The van der Waals surface area contributed by atoms with Crippen LogP contribution in [0.2, 0.25) is 0 Å². The average Bonchev–Trinajstić information content (AvgIpc) is 2.72. The van der Waals surface area contributed by atoms with Crippen LogP contribution in [-0.2, 0) is 4.74 Å². The summed E-state index contributed by atoms with van der Waals surface area (Å²) in [6.45, 7) is 1.52. The van der Waals surface area contributed by atoms with E-state index in [0.29, 0.717) is 19.6 Å². The summed E-state index contributed by atoms with van der Waals surface area (Å²) < 4.78 is 10.4. The van der Waals surface area contributed by atoms with Gasteiger partial charge in [-0.25, -0.2) is 4.79 Å². The summed E-state index contributed by atoms with van der Waals surface area (Å²) in [6, 6.07) is 7.54. The normalized spacial score (nSPS) is 19.3. The minimum absolute atomic E-state index is 0.232. The predicted molar refractivity (Wildman–Crippen MR) is 62.8 cm³/mol. The van der Waals surface area contributed by atoms with Crippen LogP contribution in [0.15, 0.2) is 24.3 Å². The second-order valence-corrected chi connectivity index (χ2v) is 3.88. The van der Waals surface area contributed by atoms with Crippen LogP contribution in [0, 0.1) is 0 Å². The predicted octanol–water partition coefficient (Wildman–Crippen LogP) is 1.15. The monoisotopic (exact) mass is 236 g/mol. The summed E-state index contributed by atoms with van der Waals surface area (Å²) in [7, 11) is 1.61. The molecule has 1 unspecified atom stereocenters. The number of hydrogen-bond donors (Lipinski definition) is 1. The Kier molecular flexibility index (Phi) is 3.49. The van der Waals surface area contributed by atoms with E-state index in [9.17, 15) is 4.79 Å². The van der Waals surface area contributed by atoms with Gasteiger partial charge >= 0.3 is 6.09 Å². The molecular formula is C12H16N2O3. The van der Waals surface area contributed by atoms with Gasteiger partial charge in [0.25, 0.3) is 0 Å². The molecule has 2 N–H and O–H groups in total. The Bertz CT molecular complexity index is 408. The molecule has 0 aromatic heterocycles. The molecule has 1 saturated heterocycles. The molecule has 1 fully saturated rings. The fraction of sp³-hybridized carbons (Fsp3) is 0.417. The summed E-state index contributed by atoms with van der Waals surface area (Å²) in [5, 5.41) is 0. The van der Waals surface area contributed by atoms with Crippen LogP contribution < -0.4 is 10.5 Å². The first-order chi connectivity index (χ1) is 8.24. The van der Waals surface area contributed by atoms with Crippen LogP contribution in [0.1, 0.15) is 11.7 Å². The molecule has 17 heavy (non-hydrogen) atoms. The van der Waals surface area contributed by atoms with E-state index in [0.717, 1.165) is 11.3 Å². The van der Waals surface area contributed by atoms with Crippen molar-refractivity contribution in [2.75, 3.05) is 26.7 Å². The van der Waals surface area contributed by atoms with Crippen LogP contribution in [-0.4, -0.2) is 37.7 Å². The molecule has 5 nitrogen and oxygen atoms in total. The van der Waals surface area contributed by atoms with Gasteiger partial charge in [0.1, 0.15) is 11.9 Å². The molecule has 0 bridgehead atoms. The molecule has 5 heteroatoms. The average molecular weight is 236 g/mol. The molecule has 0 saturated carbocycles. The van der Waals surface area contributed by atoms with E-state index in [1.54, 1.807) is 12.0 Å². The molecule has 1 amide bonds. The Balaban J connectivity index is 2.11. The maximum Gasteiger partial charge on any atom is 0.410 e. The molecule has 0 radical (unpaired) electrons. The lowest BCUT2D eigenvalue weighted by atomic mass is 10.1. The van der Waals surface area contributed by atoms with Gasteiger partial charge in [-0.3, -0.25) is 0 Å². The Labute approximate surface area is 100 Å². The SMILES string of the molecule is COc1cccc(C2CN(CCN)C(=O)O2)c1. The zero-order chi connectivity index (χ0) is 12.3. The second-order valence-electron chi connectivity index (χ2n) is 3.88. The third kappa shape index (κ3) is 2.50. The molecule has 1 aromatic rings. The van der Waals surface area contributed by atoms with Crippen molar-refractivity contribution >= 4 is 6.09 Å². The topological polar surface area (TPSA) is 64.8 Å². The number of nitrogens with zero attached hydrogens (tertiary/aromatic N) is 1. The molecule has 1 aromatic carbocycles. The Hall–Kier alpha value is -1.75. The maximum absolute atomic E-state index is 11.5. The Morgan fingerprint density at radius 1 is 1.59 bits per heavy atom. The van der Waals surface area contributed by atoms with E-state index < -0.39 is 0 Å². The highest BCUT2D eigenvalue weighted by Gasteiger charge is 2.31. The number of carbonyl (C=O) groups is 1. The van der Waals surface area contributed by atoms with Crippen molar-refractivity contribution in [1.82, 2.24) is 4.90 Å². The summed E-state index contributed by atoms with van der Waals surface area (Å²) in [5.74, 6) is 0.760. The van der Waals surface area contributed by atoms with Gasteiger partial charge in [-0.1, -0.05) is 12.1 Å². The van der Waals surface area contributed by atoms with Gasteiger partial charge < -0.3 is 20.1 Å². The zero-order valence-corrected chi connectivity index (χ0v) is 9.76. The quantitative estimate of drug-likeness (QED) is 0.851. The van der Waals surface area contributed by atoms with Crippen molar-refractivity contribution in [3.05, 3.63) is 29.8 Å². The highest BCUT2D eigenvalue weighted by molar-refractivity contribution is 5.70. The first-order valence-corrected chi connectivity index (χ1v) is 5.54. The Morgan fingerprint density at radius 3 is 3.12 bits per heavy atom. The van der Waals surface area contributed by atoms with E-state index in [-0.39, 0.29) is 12.2 Å². The summed E-state index contributed by atoms with van der Waals surface area (Å²) in [6.07, 6.45) is -0.535. The number of ether oxygens (including phenoxy) is 2. The number of rotatable bonds is 4. The number of cyclic esters (lactones) is 1. The van der Waals surface area contributed by atoms with Crippen molar-refractivity contribution in [2.24, 2.45) is 5.73 Å². The van der Waals surface area contributed by atoms with E-state index in [2.05, 4.69) is 0 Å².